The molecule has 0 saturated carbocycles. The van der Waals surface area contributed by atoms with Crippen LogP contribution in [0.5, 0.6) is 5.75 Å². The van der Waals surface area contributed by atoms with Crippen molar-refractivity contribution in [2.45, 2.75) is 11.3 Å². The van der Waals surface area contributed by atoms with E-state index in [2.05, 4.69) is 40.9 Å². The molecule has 0 radical (unpaired) electrons. The number of halogens is 1. The largest absolute Gasteiger partial charge is 0.490 e. The van der Waals surface area contributed by atoms with E-state index in [0.29, 0.717) is 47.4 Å². The zero-order chi connectivity index (χ0) is 28.3. The number of aromatic nitrogens is 2. The fourth-order valence-electron chi connectivity index (χ4n) is 3.25. The van der Waals surface area contributed by atoms with Crippen LogP contribution in [0.3, 0.4) is 0 Å². The first kappa shape index (κ1) is 30.5. The Morgan fingerprint density at radius 3 is 2.67 bits per heavy atom. The highest BCUT2D eigenvalue weighted by Gasteiger charge is 2.12. The highest BCUT2D eigenvalue weighted by atomic mass is 32.8. The highest BCUT2D eigenvalue weighted by Crippen LogP contribution is 2.30. The lowest BCUT2D eigenvalue weighted by Gasteiger charge is -2.14. The number of methoxy groups -OCH3 is 1. The van der Waals surface area contributed by atoms with Gasteiger partial charge in [0.1, 0.15) is 5.82 Å². The van der Waals surface area contributed by atoms with E-state index in [4.69, 9.17) is 9.47 Å². The Morgan fingerprint density at radius 1 is 1.18 bits per heavy atom. The number of carbonyl (C=O) groups is 1. The van der Waals surface area contributed by atoms with Gasteiger partial charge < -0.3 is 25.4 Å². The third-order valence-electron chi connectivity index (χ3n) is 5.07. The van der Waals surface area contributed by atoms with Gasteiger partial charge in [-0.3, -0.25) is 9.00 Å². The molecule has 9 nitrogen and oxygen atoms in total. The Bertz CT molecular complexity index is 1340. The van der Waals surface area contributed by atoms with Gasteiger partial charge in [-0.25, -0.2) is 9.37 Å². The summed E-state index contributed by atoms with van der Waals surface area (Å²) in [7, 11) is 1.79. The van der Waals surface area contributed by atoms with Crippen LogP contribution in [-0.4, -0.2) is 58.2 Å². The van der Waals surface area contributed by atoms with E-state index >= 15 is 0 Å². The van der Waals surface area contributed by atoms with Gasteiger partial charge in [0, 0.05) is 47.9 Å². The molecule has 1 atom stereocenters. The topological polar surface area (TPSA) is 114 Å². The molecule has 1 aromatic heterocycles. The van der Waals surface area contributed by atoms with Crippen molar-refractivity contribution in [2.75, 3.05) is 54.0 Å². The van der Waals surface area contributed by atoms with Gasteiger partial charge in [-0.1, -0.05) is 30.6 Å². The molecule has 210 valence electrons. The van der Waals surface area contributed by atoms with Crippen LogP contribution >= 0.6 is 20.2 Å². The van der Waals surface area contributed by atoms with Gasteiger partial charge in [0.15, 0.2) is 11.6 Å². The number of thioether (sulfide) groups is 1. The van der Waals surface area contributed by atoms with Crippen molar-refractivity contribution in [3.05, 3.63) is 67.1 Å². The van der Waals surface area contributed by atoms with Gasteiger partial charge in [-0.15, -0.1) is 11.8 Å². The normalized spacial score (nSPS) is 11.5. The number of hydrogen-bond donors (Lipinski definition) is 4. The molecule has 2 aromatic carbocycles. The number of amides is 1. The number of carbonyl (C=O) groups excluding carboxylic acids is 1. The Labute approximate surface area is 235 Å². The van der Waals surface area contributed by atoms with Crippen molar-refractivity contribution in [3.63, 3.8) is 0 Å². The average molecular weight is 594 g/mol. The molecular formula is C26H33FN5O4PS2. The summed E-state index contributed by atoms with van der Waals surface area (Å²) in [6.07, 6.45) is 5.13. The monoisotopic (exact) mass is 593 g/mol. The molecular weight excluding hydrogens is 560 g/mol. The summed E-state index contributed by atoms with van der Waals surface area (Å²) < 4.78 is 37.1. The van der Waals surface area contributed by atoms with Crippen molar-refractivity contribution in [3.8, 4) is 5.75 Å². The van der Waals surface area contributed by atoms with Crippen LogP contribution < -0.4 is 20.7 Å². The Balaban J connectivity index is 1.75. The molecule has 3 N–H and O–H groups in total. The molecule has 0 aliphatic carbocycles. The third kappa shape index (κ3) is 10.6. The number of nitrogens with zero attached hydrogens (tertiary/aromatic N) is 2. The Hall–Kier alpha value is -3.05. The minimum absolute atomic E-state index is 0.117. The van der Waals surface area contributed by atoms with E-state index in [1.165, 1.54) is 30.0 Å². The molecule has 3 rings (SSSR count). The Kier molecular flexibility index (Phi) is 11.7. The standard InChI is InChI=1S/C26H33FN5O4PS2/c1-4-24(33)29-18-7-5-8-19(15-18)30-25-23(38-13-12-35-2)17-28-26(32-25)31-20-9-10-22(21(27)16-20)36-11-6-14-39(3,34)37/h4-5,7-10,15-17,39H,1,6,11-14,37H2,2-3H3,(H,29,33)(H2,28,30,31,32). The molecule has 0 fully saturated rings. The fourth-order valence-corrected chi connectivity index (χ4v) is 5.39. The van der Waals surface area contributed by atoms with Crippen molar-refractivity contribution < 1.29 is 22.9 Å². The zero-order valence-electron chi connectivity index (χ0n) is 21.8. The summed E-state index contributed by atoms with van der Waals surface area (Å²) in [5.41, 5.74) is 1.74. The second kappa shape index (κ2) is 14.9. The molecule has 1 heterocycles. The van der Waals surface area contributed by atoms with E-state index in [1.807, 2.05) is 6.07 Å². The van der Waals surface area contributed by atoms with Gasteiger partial charge in [0.2, 0.25) is 11.9 Å². The van der Waals surface area contributed by atoms with E-state index in [-0.39, 0.29) is 24.2 Å². The molecule has 13 heteroatoms. The summed E-state index contributed by atoms with van der Waals surface area (Å²) in [5.74, 6) is 1.27. The first-order valence-corrected chi connectivity index (χ1v) is 16.9. The maximum absolute atomic E-state index is 14.6. The molecule has 0 bridgehead atoms. The lowest BCUT2D eigenvalue weighted by molar-refractivity contribution is -0.111. The lowest BCUT2D eigenvalue weighted by atomic mass is 10.2. The number of hydrogen-bond acceptors (Lipinski definition) is 9. The first-order chi connectivity index (χ1) is 18.7. The van der Waals surface area contributed by atoms with Crippen LogP contribution in [0.15, 0.2) is 66.2 Å². The van der Waals surface area contributed by atoms with E-state index < -0.39 is 15.4 Å². The van der Waals surface area contributed by atoms with Gasteiger partial charge in [-0.2, -0.15) is 4.98 Å². The number of benzene rings is 2. The first-order valence-electron chi connectivity index (χ1n) is 12.0. The molecule has 39 heavy (non-hydrogen) atoms. The number of nitrogens with one attached hydrogen (secondary N) is 3. The van der Waals surface area contributed by atoms with Crippen molar-refractivity contribution in [2.24, 2.45) is 0 Å². The number of ether oxygens (including phenoxy) is 2. The molecule has 0 aliphatic heterocycles. The van der Waals surface area contributed by atoms with Gasteiger partial charge in [-0.05, 0) is 49.1 Å². The third-order valence-corrected chi connectivity index (χ3v) is 8.03. The second-order valence-electron chi connectivity index (χ2n) is 8.52. The van der Waals surface area contributed by atoms with E-state index in [0.717, 1.165) is 4.90 Å². The predicted octanol–water partition coefficient (Wildman–Crippen LogP) is 5.17. The predicted molar refractivity (Wildman–Crippen MR) is 163 cm³/mol. The van der Waals surface area contributed by atoms with Gasteiger partial charge in [0.25, 0.3) is 0 Å². The van der Waals surface area contributed by atoms with E-state index in [9.17, 15) is 13.4 Å². The number of rotatable bonds is 15. The maximum Gasteiger partial charge on any atom is 0.247 e. The van der Waals surface area contributed by atoms with Crippen molar-refractivity contribution in [1.82, 2.24) is 9.97 Å². The van der Waals surface area contributed by atoms with Gasteiger partial charge in [0.05, 0.1) is 18.1 Å². The van der Waals surface area contributed by atoms with E-state index in [1.54, 1.807) is 43.8 Å². The molecule has 1 unspecified atom stereocenters. The van der Waals surface area contributed by atoms with Crippen LogP contribution in [-0.2, 0) is 19.1 Å². The minimum Gasteiger partial charge on any atom is -0.490 e. The second-order valence-corrected chi connectivity index (χ2v) is 15.7. The van der Waals surface area contributed by atoms with Gasteiger partial charge >= 0.3 is 0 Å². The maximum atomic E-state index is 14.6. The minimum atomic E-state index is -2.21. The average Bonchev–Trinajstić information content (AvgIpc) is 2.88. The summed E-state index contributed by atoms with van der Waals surface area (Å²) in [4.78, 5) is 21.5. The fraction of sp³-hybridized carbons (Fsp3) is 0.269. The molecule has 0 saturated heterocycles. The van der Waals surface area contributed by atoms with Crippen LogP contribution in [0, 0.1) is 5.82 Å². The quantitative estimate of drug-likeness (QED) is 0.0623. The molecule has 0 aliphatic rings. The molecule has 0 spiro atoms. The summed E-state index contributed by atoms with van der Waals surface area (Å²) in [6, 6.07) is 11.7. The number of thiol groups is 1. The summed E-state index contributed by atoms with van der Waals surface area (Å²) in [5, 5.41) is 9.02. The summed E-state index contributed by atoms with van der Waals surface area (Å²) in [6.45, 7) is 4.29. The molecule has 3 aromatic rings. The van der Waals surface area contributed by atoms with Crippen molar-refractivity contribution >= 4 is 64.5 Å². The molecule has 1 amide bonds. The zero-order valence-corrected chi connectivity index (χ0v) is 24.6. The summed E-state index contributed by atoms with van der Waals surface area (Å²) >= 11 is 1.52. The smallest absolute Gasteiger partial charge is 0.247 e. The Morgan fingerprint density at radius 2 is 1.95 bits per heavy atom. The van der Waals surface area contributed by atoms with Crippen molar-refractivity contribution in [1.29, 1.82) is 0 Å². The van der Waals surface area contributed by atoms with Crippen LogP contribution in [0.25, 0.3) is 0 Å². The van der Waals surface area contributed by atoms with Crippen LogP contribution in [0.1, 0.15) is 6.42 Å². The van der Waals surface area contributed by atoms with Crippen LogP contribution in [0.2, 0.25) is 0 Å². The number of anilines is 5. The SMILES string of the molecule is C=CC(=O)Nc1cccc(Nc2nc(Nc3ccc(OCCC[SH](C)(=O)P)c(F)c3)ncc2SCCOC)c1. The highest BCUT2D eigenvalue weighted by molar-refractivity contribution is 8.44. The van der Waals surface area contributed by atoms with Crippen LogP contribution in [0.4, 0.5) is 33.2 Å². The lowest BCUT2D eigenvalue weighted by Crippen LogP contribution is -2.09.